The van der Waals surface area contributed by atoms with Crippen molar-refractivity contribution in [2.75, 3.05) is 0 Å². The molecule has 0 aliphatic heterocycles. The van der Waals surface area contributed by atoms with E-state index in [1.54, 1.807) is 0 Å². The fourth-order valence-corrected chi connectivity index (χ4v) is 6.82. The average molecular weight is 550 g/mol. The number of fused-ring (bicyclic) bond motifs is 3. The summed E-state index contributed by atoms with van der Waals surface area (Å²) in [5.74, 6) is 0.542. The van der Waals surface area contributed by atoms with Crippen molar-refractivity contribution in [3.63, 3.8) is 0 Å². The normalized spacial score (nSPS) is 14.8. The summed E-state index contributed by atoms with van der Waals surface area (Å²) in [4.78, 5) is 4.17. The Hall–Kier alpha value is -5.27. The summed E-state index contributed by atoms with van der Waals surface area (Å²) in [6, 6.07) is 44.6. The maximum atomic E-state index is 4.17. The predicted molar refractivity (Wildman–Crippen MR) is 184 cm³/mol. The Morgan fingerprint density at radius 1 is 0.512 bits per heavy atom. The van der Waals surface area contributed by atoms with Crippen LogP contribution in [0.2, 0.25) is 0 Å². The molecule has 1 aliphatic rings. The summed E-state index contributed by atoms with van der Waals surface area (Å²) in [6.45, 7) is 2.31. The first-order valence-corrected chi connectivity index (χ1v) is 15.1. The van der Waals surface area contributed by atoms with Crippen LogP contribution in [0, 0.1) is 5.92 Å². The number of aromatic nitrogens is 1. The van der Waals surface area contributed by atoms with Crippen molar-refractivity contribution in [1.82, 2.24) is 4.98 Å². The highest BCUT2D eigenvalue weighted by Gasteiger charge is 2.19. The molecule has 8 rings (SSSR count). The third-order valence-corrected chi connectivity index (χ3v) is 8.87. The first kappa shape index (κ1) is 25.4. The molecule has 0 amide bonds. The molecule has 43 heavy (non-hydrogen) atoms. The van der Waals surface area contributed by atoms with E-state index in [-0.39, 0.29) is 0 Å². The van der Waals surface area contributed by atoms with Gasteiger partial charge in [-0.1, -0.05) is 116 Å². The Morgan fingerprint density at radius 3 is 1.72 bits per heavy atom. The first-order valence-electron chi connectivity index (χ1n) is 15.1. The molecular formula is C42H31N. The molecule has 1 unspecified atom stereocenters. The average Bonchev–Trinajstić information content (AvgIpc) is 3.07. The van der Waals surface area contributed by atoms with Crippen molar-refractivity contribution in [3.8, 4) is 33.4 Å². The molecule has 0 N–H and O–H groups in total. The van der Waals surface area contributed by atoms with E-state index in [4.69, 9.17) is 0 Å². The van der Waals surface area contributed by atoms with E-state index in [1.165, 1.54) is 76.8 Å². The van der Waals surface area contributed by atoms with Crippen molar-refractivity contribution in [3.05, 3.63) is 158 Å². The second-order valence-corrected chi connectivity index (χ2v) is 11.7. The minimum Gasteiger partial charge on any atom is -0.265 e. The van der Waals surface area contributed by atoms with E-state index in [0.29, 0.717) is 5.92 Å². The van der Waals surface area contributed by atoms with Crippen molar-refractivity contribution < 1.29 is 0 Å². The van der Waals surface area contributed by atoms with E-state index in [1.807, 2.05) is 12.4 Å². The van der Waals surface area contributed by atoms with Gasteiger partial charge in [0.25, 0.3) is 0 Å². The summed E-state index contributed by atoms with van der Waals surface area (Å²) in [5, 5.41) is 7.77. The highest BCUT2D eigenvalue weighted by Crippen LogP contribution is 2.44. The Bertz CT molecular complexity index is 2160. The minimum atomic E-state index is 0.542. The van der Waals surface area contributed by atoms with Crippen LogP contribution in [0.25, 0.3) is 71.3 Å². The fraction of sp³-hybridized carbons (Fsp3) is 0.0714. The van der Waals surface area contributed by atoms with Crippen LogP contribution in [0.1, 0.15) is 18.9 Å². The van der Waals surface area contributed by atoms with Crippen LogP contribution in [-0.4, -0.2) is 4.98 Å². The lowest BCUT2D eigenvalue weighted by Gasteiger charge is -2.22. The van der Waals surface area contributed by atoms with Gasteiger partial charge < -0.3 is 0 Å². The highest BCUT2D eigenvalue weighted by atomic mass is 14.6. The molecule has 0 saturated carbocycles. The summed E-state index contributed by atoms with van der Waals surface area (Å²) >= 11 is 0. The molecule has 0 spiro atoms. The van der Waals surface area contributed by atoms with Gasteiger partial charge in [0.2, 0.25) is 0 Å². The largest absolute Gasteiger partial charge is 0.265 e. The van der Waals surface area contributed by atoms with Crippen LogP contribution >= 0.6 is 0 Å². The number of rotatable bonds is 4. The van der Waals surface area contributed by atoms with E-state index >= 15 is 0 Å². The minimum absolute atomic E-state index is 0.542. The molecule has 1 atom stereocenters. The number of benzene rings is 6. The highest BCUT2D eigenvalue weighted by molar-refractivity contribution is 6.19. The number of allylic oxidation sites excluding steroid dienone is 4. The van der Waals surface area contributed by atoms with Crippen LogP contribution in [0.15, 0.2) is 152 Å². The number of hydrogen-bond donors (Lipinski definition) is 0. The van der Waals surface area contributed by atoms with Crippen molar-refractivity contribution >= 4 is 37.9 Å². The lowest BCUT2D eigenvalue weighted by Crippen LogP contribution is -2.00. The van der Waals surface area contributed by atoms with Gasteiger partial charge in [-0.05, 0) is 120 Å². The van der Waals surface area contributed by atoms with Crippen LogP contribution in [0.4, 0.5) is 0 Å². The van der Waals surface area contributed by atoms with Gasteiger partial charge in [-0.15, -0.1) is 0 Å². The Balaban J connectivity index is 1.27. The molecular weight excluding hydrogens is 518 g/mol. The molecule has 204 valence electrons. The predicted octanol–water partition coefficient (Wildman–Crippen LogP) is 11.5. The van der Waals surface area contributed by atoms with Crippen molar-refractivity contribution in [1.29, 1.82) is 0 Å². The summed E-state index contributed by atoms with van der Waals surface area (Å²) in [6.07, 6.45) is 11.6. The maximum absolute atomic E-state index is 4.17. The molecule has 0 bridgehead atoms. The van der Waals surface area contributed by atoms with Crippen LogP contribution in [0.3, 0.4) is 0 Å². The van der Waals surface area contributed by atoms with Gasteiger partial charge in [0.05, 0.1) is 0 Å². The summed E-state index contributed by atoms with van der Waals surface area (Å²) < 4.78 is 0. The topological polar surface area (TPSA) is 12.9 Å². The van der Waals surface area contributed by atoms with Crippen molar-refractivity contribution in [2.24, 2.45) is 5.92 Å². The second kappa shape index (κ2) is 10.5. The van der Waals surface area contributed by atoms with Crippen LogP contribution < -0.4 is 0 Å². The lowest BCUT2D eigenvalue weighted by atomic mass is 9.82. The Morgan fingerprint density at radius 2 is 1.07 bits per heavy atom. The molecule has 1 aliphatic carbocycles. The van der Waals surface area contributed by atoms with E-state index in [0.717, 1.165) is 6.42 Å². The molecule has 1 aromatic heterocycles. The van der Waals surface area contributed by atoms with Crippen LogP contribution in [-0.2, 0) is 0 Å². The molecule has 0 fully saturated rings. The standard InChI is InChI=1S/C42H31N/c1-28-8-6-11-35(24-28)41-37-12-2-4-14-39(37)42(40-15-5-3-13-38(40)41)36-19-18-33-26-32(16-17-34(33)27-36)31-10-7-9-30(25-31)29-20-22-43-23-21-29/h2-23,25-28H,24H2,1H3. The molecule has 1 heteroatoms. The quantitative estimate of drug-likeness (QED) is 0.199. The number of hydrogen-bond acceptors (Lipinski definition) is 1. The van der Waals surface area contributed by atoms with Gasteiger partial charge >= 0.3 is 0 Å². The lowest BCUT2D eigenvalue weighted by molar-refractivity contribution is 0.750. The smallest absolute Gasteiger partial charge is 0.0273 e. The van der Waals surface area contributed by atoms with Gasteiger partial charge in [-0.3, -0.25) is 4.98 Å². The van der Waals surface area contributed by atoms with E-state index < -0.39 is 0 Å². The van der Waals surface area contributed by atoms with Gasteiger partial charge in [-0.25, -0.2) is 0 Å². The zero-order valence-electron chi connectivity index (χ0n) is 24.2. The SMILES string of the molecule is CC1C=CC=C(c2c3ccccc3c(-c3ccc4cc(-c5cccc(-c6ccncc6)c5)ccc4c3)c3ccccc23)C1. The van der Waals surface area contributed by atoms with Crippen LogP contribution in [0.5, 0.6) is 0 Å². The maximum Gasteiger partial charge on any atom is 0.0273 e. The second-order valence-electron chi connectivity index (χ2n) is 11.7. The Kier molecular flexibility index (Phi) is 6.23. The zero-order valence-corrected chi connectivity index (χ0v) is 24.2. The zero-order chi connectivity index (χ0) is 28.8. The van der Waals surface area contributed by atoms with Crippen molar-refractivity contribution in [2.45, 2.75) is 13.3 Å². The fourth-order valence-electron chi connectivity index (χ4n) is 6.82. The molecule has 6 aromatic carbocycles. The van der Waals surface area contributed by atoms with Gasteiger partial charge in [0.15, 0.2) is 0 Å². The van der Waals surface area contributed by atoms with Gasteiger partial charge in [0, 0.05) is 12.4 Å². The van der Waals surface area contributed by atoms with E-state index in [2.05, 4.69) is 151 Å². The summed E-state index contributed by atoms with van der Waals surface area (Å²) in [5.41, 5.74) is 10.2. The summed E-state index contributed by atoms with van der Waals surface area (Å²) in [7, 11) is 0. The van der Waals surface area contributed by atoms with Gasteiger partial charge in [0.1, 0.15) is 0 Å². The molecule has 1 heterocycles. The number of nitrogens with zero attached hydrogens (tertiary/aromatic N) is 1. The third kappa shape index (κ3) is 4.54. The monoisotopic (exact) mass is 549 g/mol. The molecule has 1 nitrogen and oxygen atoms in total. The van der Waals surface area contributed by atoms with Gasteiger partial charge in [-0.2, -0.15) is 0 Å². The first-order chi connectivity index (χ1) is 21.2. The Labute approximate surface area is 252 Å². The van der Waals surface area contributed by atoms with E-state index in [9.17, 15) is 0 Å². The number of pyridine rings is 1. The molecule has 0 radical (unpaired) electrons. The molecule has 0 saturated heterocycles. The molecule has 7 aromatic rings. The third-order valence-electron chi connectivity index (χ3n) is 8.87.